The number of hydrogen-bond donors (Lipinski definition) is 2. The second kappa shape index (κ2) is 5.32. The Morgan fingerprint density at radius 3 is 2.86 bits per heavy atom. The van der Waals surface area contributed by atoms with Gasteiger partial charge in [0.05, 0.1) is 11.9 Å². The number of nitrogen functional groups attached to an aromatic ring is 1. The lowest BCUT2D eigenvalue weighted by Gasteiger charge is -2.07. The van der Waals surface area contributed by atoms with Crippen molar-refractivity contribution in [2.24, 2.45) is 0 Å². The van der Waals surface area contributed by atoms with E-state index in [0.717, 1.165) is 0 Å². The highest BCUT2D eigenvalue weighted by atomic mass is 19.3. The highest BCUT2D eigenvalue weighted by Gasteiger charge is 2.10. The zero-order valence-corrected chi connectivity index (χ0v) is 11.1. The molecular formula is C14H10F2N4O2. The van der Waals surface area contributed by atoms with Gasteiger partial charge >= 0.3 is 6.09 Å². The zero-order chi connectivity index (χ0) is 15.7. The monoisotopic (exact) mass is 304 g/mol. The molecule has 0 radical (unpaired) electrons. The van der Waals surface area contributed by atoms with Crippen LogP contribution < -0.4 is 11.1 Å². The van der Waals surface area contributed by atoms with Gasteiger partial charge < -0.3 is 10.1 Å². The van der Waals surface area contributed by atoms with Gasteiger partial charge in [-0.15, -0.1) is 0 Å². The number of hydrogen-bond acceptors (Lipinski definition) is 4. The number of para-hydroxylation sites is 1. The number of halogens is 2. The van der Waals surface area contributed by atoms with E-state index in [2.05, 4.69) is 15.2 Å². The molecule has 0 atom stereocenters. The summed E-state index contributed by atoms with van der Waals surface area (Å²) < 4.78 is 26.8. The SMILES string of the molecule is Nc1c(F)cccc1-c1ccc2nc(NC(=O)OF)cn2c1. The predicted molar refractivity (Wildman–Crippen MR) is 76.2 cm³/mol. The fourth-order valence-corrected chi connectivity index (χ4v) is 2.12. The molecule has 0 spiro atoms. The first kappa shape index (κ1) is 13.8. The maximum Gasteiger partial charge on any atom is 0.450 e. The first-order valence-corrected chi connectivity index (χ1v) is 6.21. The van der Waals surface area contributed by atoms with Crippen molar-refractivity contribution in [3.8, 4) is 11.1 Å². The molecule has 3 rings (SSSR count). The van der Waals surface area contributed by atoms with Gasteiger partial charge in [-0.3, -0.25) is 5.32 Å². The molecule has 0 aliphatic carbocycles. The fraction of sp³-hybridized carbons (Fsp3) is 0. The Balaban J connectivity index is 2.02. The van der Waals surface area contributed by atoms with Gasteiger partial charge in [0.15, 0.2) is 5.82 Å². The molecule has 0 unspecified atom stereocenters. The normalized spacial score (nSPS) is 10.6. The number of fused-ring (bicyclic) bond motifs is 1. The van der Waals surface area contributed by atoms with Crippen molar-refractivity contribution in [2.45, 2.75) is 0 Å². The summed E-state index contributed by atoms with van der Waals surface area (Å²) in [5.74, 6) is -0.386. The summed E-state index contributed by atoms with van der Waals surface area (Å²) >= 11 is 0. The third kappa shape index (κ3) is 2.41. The Kier molecular flexibility index (Phi) is 3.34. The molecule has 22 heavy (non-hydrogen) atoms. The largest absolute Gasteiger partial charge is 0.450 e. The van der Waals surface area contributed by atoms with E-state index in [-0.39, 0.29) is 11.5 Å². The van der Waals surface area contributed by atoms with Gasteiger partial charge in [-0.2, -0.15) is 0 Å². The Morgan fingerprint density at radius 1 is 1.27 bits per heavy atom. The smallest absolute Gasteiger partial charge is 0.396 e. The maximum absolute atomic E-state index is 13.5. The van der Waals surface area contributed by atoms with Crippen LogP contribution in [0.4, 0.5) is 25.2 Å². The average molecular weight is 304 g/mol. The van der Waals surface area contributed by atoms with E-state index in [1.165, 1.54) is 12.3 Å². The minimum Gasteiger partial charge on any atom is -0.396 e. The number of nitrogens with one attached hydrogen (secondary N) is 1. The van der Waals surface area contributed by atoms with E-state index in [9.17, 15) is 13.7 Å². The van der Waals surface area contributed by atoms with Crippen LogP contribution in [0.25, 0.3) is 16.8 Å². The van der Waals surface area contributed by atoms with E-state index in [1.54, 1.807) is 34.9 Å². The number of carbonyl (C=O) groups excluding carboxylic acids is 1. The van der Waals surface area contributed by atoms with Gasteiger partial charge in [-0.05, 0) is 18.2 Å². The number of carbonyl (C=O) groups is 1. The van der Waals surface area contributed by atoms with Crippen molar-refractivity contribution in [3.63, 3.8) is 0 Å². The van der Waals surface area contributed by atoms with Crippen LogP contribution in [-0.2, 0) is 4.94 Å². The number of nitrogens with two attached hydrogens (primary N) is 1. The summed E-state index contributed by atoms with van der Waals surface area (Å²) in [7, 11) is 0. The first-order valence-electron chi connectivity index (χ1n) is 6.21. The van der Waals surface area contributed by atoms with E-state index >= 15 is 0 Å². The third-order valence-corrected chi connectivity index (χ3v) is 3.12. The molecule has 0 aliphatic heterocycles. The lowest BCUT2D eigenvalue weighted by Crippen LogP contribution is -2.09. The Hall–Kier alpha value is -3.16. The number of benzene rings is 1. The summed E-state index contributed by atoms with van der Waals surface area (Å²) in [6, 6.07) is 7.90. The summed E-state index contributed by atoms with van der Waals surface area (Å²) in [4.78, 5) is 17.9. The molecule has 8 heteroatoms. The number of imidazole rings is 1. The zero-order valence-electron chi connectivity index (χ0n) is 11.1. The van der Waals surface area contributed by atoms with Crippen LogP contribution in [0.2, 0.25) is 0 Å². The van der Waals surface area contributed by atoms with Crippen LogP contribution in [-0.4, -0.2) is 15.5 Å². The Labute approximate surface area is 123 Å². The number of anilines is 2. The standard InChI is InChI=1S/C14H10F2N4O2/c15-10-3-1-2-9(13(10)17)8-4-5-12-18-11(7-20(12)6-8)19-14(21)22-16/h1-7H,17H2,(H,19,21). The Morgan fingerprint density at radius 2 is 2.09 bits per heavy atom. The molecule has 0 saturated carbocycles. The quantitative estimate of drug-likeness (QED) is 0.713. The van der Waals surface area contributed by atoms with E-state index in [0.29, 0.717) is 16.8 Å². The van der Waals surface area contributed by atoms with Gasteiger partial charge in [0.25, 0.3) is 0 Å². The fourth-order valence-electron chi connectivity index (χ4n) is 2.12. The van der Waals surface area contributed by atoms with Crippen molar-refractivity contribution >= 4 is 23.2 Å². The van der Waals surface area contributed by atoms with Crippen LogP contribution in [0.1, 0.15) is 0 Å². The van der Waals surface area contributed by atoms with Crippen molar-refractivity contribution in [1.29, 1.82) is 0 Å². The molecular weight excluding hydrogens is 294 g/mol. The van der Waals surface area contributed by atoms with E-state index in [4.69, 9.17) is 5.73 Å². The van der Waals surface area contributed by atoms with Gasteiger partial charge in [0.1, 0.15) is 11.5 Å². The lowest BCUT2D eigenvalue weighted by molar-refractivity contribution is -0.0544. The van der Waals surface area contributed by atoms with Crippen LogP contribution >= 0.6 is 0 Å². The molecule has 0 aliphatic rings. The van der Waals surface area contributed by atoms with Gasteiger partial charge in [-0.1, -0.05) is 12.1 Å². The van der Waals surface area contributed by atoms with Crippen LogP contribution in [0.5, 0.6) is 0 Å². The van der Waals surface area contributed by atoms with Crippen LogP contribution in [0, 0.1) is 5.82 Å². The van der Waals surface area contributed by atoms with Gasteiger partial charge in [-0.25, -0.2) is 19.1 Å². The molecule has 1 aromatic carbocycles. The third-order valence-electron chi connectivity index (χ3n) is 3.12. The number of rotatable bonds is 2. The van der Waals surface area contributed by atoms with Crippen LogP contribution in [0.15, 0.2) is 42.7 Å². The van der Waals surface area contributed by atoms with Crippen LogP contribution in [0.3, 0.4) is 0 Å². The second-order valence-corrected chi connectivity index (χ2v) is 4.50. The second-order valence-electron chi connectivity index (χ2n) is 4.50. The number of aromatic nitrogens is 2. The minimum absolute atomic E-state index is 0.0429. The molecule has 3 aromatic rings. The predicted octanol–water partition coefficient (Wildman–Crippen LogP) is 3.16. The number of amides is 1. The molecule has 0 bridgehead atoms. The molecule has 112 valence electrons. The van der Waals surface area contributed by atoms with Crippen molar-refractivity contribution in [1.82, 2.24) is 9.38 Å². The molecule has 3 N–H and O–H groups in total. The molecule has 1 amide bonds. The van der Waals surface area contributed by atoms with Gasteiger partial charge in [0.2, 0.25) is 0 Å². The van der Waals surface area contributed by atoms with Crippen molar-refractivity contribution < 1.29 is 18.7 Å². The maximum atomic E-state index is 13.5. The van der Waals surface area contributed by atoms with Crippen molar-refractivity contribution in [2.75, 3.05) is 11.1 Å². The molecule has 0 saturated heterocycles. The van der Waals surface area contributed by atoms with Crippen molar-refractivity contribution in [3.05, 3.63) is 48.5 Å². The molecule has 0 fully saturated rings. The topological polar surface area (TPSA) is 81.6 Å². The van der Waals surface area contributed by atoms with Gasteiger partial charge in [0, 0.05) is 21.8 Å². The highest BCUT2D eigenvalue weighted by molar-refractivity contribution is 5.83. The van der Waals surface area contributed by atoms with E-state index < -0.39 is 11.9 Å². The molecule has 2 aromatic heterocycles. The molecule has 6 nitrogen and oxygen atoms in total. The van der Waals surface area contributed by atoms with E-state index in [1.807, 2.05) is 0 Å². The minimum atomic E-state index is -1.27. The number of nitrogens with zero attached hydrogens (tertiary/aromatic N) is 2. The Bertz CT molecular complexity index is 863. The summed E-state index contributed by atoms with van der Waals surface area (Å²) in [5.41, 5.74) is 7.49. The summed E-state index contributed by atoms with van der Waals surface area (Å²) in [6.45, 7) is 0. The lowest BCUT2D eigenvalue weighted by atomic mass is 10.1. The summed E-state index contributed by atoms with van der Waals surface area (Å²) in [6.07, 6.45) is 1.86. The first-order chi connectivity index (χ1) is 10.6. The summed E-state index contributed by atoms with van der Waals surface area (Å²) in [5, 5.41) is 2.11. The number of pyridine rings is 1. The highest BCUT2D eigenvalue weighted by Crippen LogP contribution is 2.28. The molecule has 2 heterocycles. The average Bonchev–Trinajstić information content (AvgIpc) is 2.91.